The summed E-state index contributed by atoms with van der Waals surface area (Å²) < 4.78 is 4.61. The topological polar surface area (TPSA) is 81.2 Å². The van der Waals surface area contributed by atoms with E-state index in [1.54, 1.807) is 12.1 Å². The molecule has 0 saturated carbocycles. The first-order valence-electron chi connectivity index (χ1n) is 14.2. The average Bonchev–Trinajstić information content (AvgIpc) is 3.61. The molecule has 2 heterocycles. The Balaban J connectivity index is 1.51. The van der Waals surface area contributed by atoms with E-state index in [4.69, 9.17) is 0 Å². The van der Waals surface area contributed by atoms with Gasteiger partial charge in [0.05, 0.1) is 57.0 Å². The Morgan fingerprint density at radius 1 is 0.455 bits per heavy atom. The smallest absolute Gasteiger partial charge is 0.0999 e. The predicted molar refractivity (Wildman–Crippen MR) is 175 cm³/mol. The van der Waals surface area contributed by atoms with Gasteiger partial charge >= 0.3 is 0 Å². The molecule has 0 saturated heterocycles. The highest BCUT2D eigenvalue weighted by molar-refractivity contribution is 6.26. The quantitative estimate of drug-likeness (QED) is 0.216. The molecule has 0 bridgehead atoms. The van der Waals surface area contributed by atoms with E-state index in [0.29, 0.717) is 16.7 Å². The molecular weight excluding hydrogens is 538 g/mol. The molecule has 8 rings (SSSR count). The molecule has 2 aromatic heterocycles. The fourth-order valence-corrected chi connectivity index (χ4v) is 6.63. The lowest BCUT2D eigenvalue weighted by atomic mass is 9.93. The van der Waals surface area contributed by atoms with Crippen LogP contribution in [0.15, 0.2) is 127 Å². The van der Waals surface area contributed by atoms with Gasteiger partial charge in [0, 0.05) is 38.5 Å². The van der Waals surface area contributed by atoms with Crippen LogP contribution in [0.2, 0.25) is 0 Å². The van der Waals surface area contributed by atoms with Crippen molar-refractivity contribution >= 4 is 43.6 Å². The maximum absolute atomic E-state index is 9.99. The minimum atomic E-state index is 0.289. The van der Waals surface area contributed by atoms with E-state index >= 15 is 0 Å². The highest BCUT2D eigenvalue weighted by Gasteiger charge is 2.21. The molecule has 5 nitrogen and oxygen atoms in total. The fraction of sp³-hybridized carbons (Fsp3) is 0. The van der Waals surface area contributed by atoms with Crippen LogP contribution < -0.4 is 0 Å². The Hall–Kier alpha value is -6.61. The van der Waals surface area contributed by atoms with Crippen LogP contribution in [0.1, 0.15) is 16.7 Å². The summed E-state index contributed by atoms with van der Waals surface area (Å²) in [5, 5.41) is 34.0. The second-order valence-electron chi connectivity index (χ2n) is 10.7. The first-order valence-corrected chi connectivity index (χ1v) is 14.2. The van der Waals surface area contributed by atoms with Gasteiger partial charge in [0.2, 0.25) is 0 Å². The molecular formula is C39H21N5. The van der Waals surface area contributed by atoms with Gasteiger partial charge in [-0.25, -0.2) is 0 Å². The molecule has 0 fully saturated rings. The lowest BCUT2D eigenvalue weighted by molar-refractivity contribution is 1.17. The molecule has 8 aromatic rings. The van der Waals surface area contributed by atoms with Gasteiger partial charge in [0.1, 0.15) is 0 Å². The van der Waals surface area contributed by atoms with E-state index in [1.807, 2.05) is 30.3 Å². The van der Waals surface area contributed by atoms with Gasteiger partial charge in [0.25, 0.3) is 0 Å². The summed E-state index contributed by atoms with van der Waals surface area (Å²) in [5.74, 6) is 0. The third-order valence-corrected chi connectivity index (χ3v) is 8.39. The standard InChI is InChI=1S/C39H21N5/c40-22-25-19-27(23-41)37(28(20-25)24-42)26-9-8-12-30(21-26)44-34-15-6-4-13-31(34)32-17-18-36-38(39(32)44)33-14-5-7-16-35(33)43(36)29-10-2-1-3-11-29/h1-21H. The van der Waals surface area contributed by atoms with Crippen LogP contribution in [0.5, 0.6) is 0 Å². The zero-order valence-corrected chi connectivity index (χ0v) is 23.4. The number of para-hydroxylation sites is 3. The van der Waals surface area contributed by atoms with E-state index < -0.39 is 0 Å². The minimum absolute atomic E-state index is 0.289. The molecule has 0 spiro atoms. The van der Waals surface area contributed by atoms with Crippen molar-refractivity contribution in [1.29, 1.82) is 15.8 Å². The van der Waals surface area contributed by atoms with Crippen molar-refractivity contribution in [2.24, 2.45) is 0 Å². The highest BCUT2D eigenvalue weighted by Crippen LogP contribution is 2.42. The van der Waals surface area contributed by atoms with Crippen LogP contribution in [0.25, 0.3) is 66.1 Å². The van der Waals surface area contributed by atoms with Crippen molar-refractivity contribution in [2.45, 2.75) is 0 Å². The van der Waals surface area contributed by atoms with Crippen molar-refractivity contribution in [1.82, 2.24) is 9.13 Å². The zero-order valence-electron chi connectivity index (χ0n) is 23.4. The maximum Gasteiger partial charge on any atom is 0.0999 e. The summed E-state index contributed by atoms with van der Waals surface area (Å²) in [6.45, 7) is 0. The molecule has 44 heavy (non-hydrogen) atoms. The summed E-state index contributed by atoms with van der Waals surface area (Å²) in [5.41, 5.74) is 8.55. The van der Waals surface area contributed by atoms with Crippen LogP contribution >= 0.6 is 0 Å². The van der Waals surface area contributed by atoms with Gasteiger partial charge < -0.3 is 9.13 Å². The number of fused-ring (bicyclic) bond motifs is 7. The van der Waals surface area contributed by atoms with Gasteiger partial charge in [-0.3, -0.25) is 0 Å². The molecule has 0 amide bonds. The van der Waals surface area contributed by atoms with Crippen LogP contribution in [0.3, 0.4) is 0 Å². The summed E-state index contributed by atoms with van der Waals surface area (Å²) in [6, 6.07) is 49.3. The number of benzene rings is 6. The van der Waals surface area contributed by atoms with E-state index in [0.717, 1.165) is 60.5 Å². The summed E-state index contributed by atoms with van der Waals surface area (Å²) in [4.78, 5) is 0. The van der Waals surface area contributed by atoms with Gasteiger partial charge in [-0.1, -0.05) is 72.8 Å². The van der Waals surface area contributed by atoms with Crippen LogP contribution in [0.4, 0.5) is 0 Å². The number of nitrogens with zero attached hydrogens (tertiary/aromatic N) is 5. The Kier molecular flexibility index (Phi) is 5.56. The lowest BCUT2D eigenvalue weighted by Crippen LogP contribution is -1.97. The van der Waals surface area contributed by atoms with Gasteiger partial charge in [-0.05, 0) is 60.2 Å². The molecule has 0 aliphatic carbocycles. The summed E-state index contributed by atoms with van der Waals surface area (Å²) in [7, 11) is 0. The largest absolute Gasteiger partial charge is 0.309 e. The molecule has 0 atom stereocenters. The fourth-order valence-electron chi connectivity index (χ4n) is 6.63. The molecule has 0 radical (unpaired) electrons. The normalized spacial score (nSPS) is 11.1. The van der Waals surface area contributed by atoms with Crippen molar-refractivity contribution in [3.63, 3.8) is 0 Å². The Morgan fingerprint density at radius 3 is 1.80 bits per heavy atom. The van der Waals surface area contributed by atoms with Crippen molar-refractivity contribution in [2.75, 3.05) is 0 Å². The Bertz CT molecular complexity index is 2550. The number of rotatable bonds is 3. The predicted octanol–water partition coefficient (Wildman–Crippen LogP) is 9.16. The molecule has 6 aromatic carbocycles. The van der Waals surface area contributed by atoms with Crippen molar-refractivity contribution < 1.29 is 0 Å². The molecule has 0 unspecified atom stereocenters. The monoisotopic (exact) mass is 559 g/mol. The third kappa shape index (κ3) is 3.56. The van der Waals surface area contributed by atoms with Crippen LogP contribution in [-0.4, -0.2) is 9.13 Å². The van der Waals surface area contributed by atoms with Gasteiger partial charge in [-0.15, -0.1) is 0 Å². The summed E-state index contributed by atoms with van der Waals surface area (Å²) in [6.07, 6.45) is 0. The minimum Gasteiger partial charge on any atom is -0.309 e. The second kappa shape index (κ2) is 9.74. The number of aromatic nitrogens is 2. The maximum atomic E-state index is 9.99. The third-order valence-electron chi connectivity index (χ3n) is 8.39. The first-order chi connectivity index (χ1) is 21.7. The number of hydrogen-bond donors (Lipinski definition) is 0. The first kappa shape index (κ1) is 25.1. The van der Waals surface area contributed by atoms with Crippen LogP contribution in [0, 0.1) is 34.0 Å². The molecule has 0 N–H and O–H groups in total. The van der Waals surface area contributed by atoms with E-state index in [2.05, 4.69) is 112 Å². The van der Waals surface area contributed by atoms with Crippen molar-refractivity contribution in [3.05, 3.63) is 144 Å². The van der Waals surface area contributed by atoms with E-state index in [9.17, 15) is 15.8 Å². The Morgan fingerprint density at radius 2 is 1.09 bits per heavy atom. The SMILES string of the molecule is N#Cc1cc(C#N)c(-c2cccc(-n3c4ccccc4c4ccc5c(c6ccccc6n5-c5ccccc5)c43)c2)c(C#N)c1. The number of nitriles is 3. The van der Waals surface area contributed by atoms with Gasteiger partial charge in [-0.2, -0.15) is 15.8 Å². The average molecular weight is 560 g/mol. The lowest BCUT2D eigenvalue weighted by Gasteiger charge is -2.13. The molecule has 0 aliphatic rings. The van der Waals surface area contributed by atoms with Crippen LogP contribution in [-0.2, 0) is 0 Å². The second-order valence-corrected chi connectivity index (χ2v) is 10.7. The number of hydrogen-bond acceptors (Lipinski definition) is 3. The molecule has 5 heteroatoms. The van der Waals surface area contributed by atoms with E-state index in [-0.39, 0.29) is 5.56 Å². The van der Waals surface area contributed by atoms with Gasteiger partial charge in [0.15, 0.2) is 0 Å². The molecule has 202 valence electrons. The van der Waals surface area contributed by atoms with E-state index in [1.165, 1.54) is 0 Å². The highest BCUT2D eigenvalue weighted by atomic mass is 15.0. The zero-order chi connectivity index (χ0) is 29.8. The van der Waals surface area contributed by atoms with Crippen molar-refractivity contribution in [3.8, 4) is 40.7 Å². The Labute approximate surface area is 252 Å². The summed E-state index contributed by atoms with van der Waals surface area (Å²) >= 11 is 0. The molecule has 0 aliphatic heterocycles.